The van der Waals surface area contributed by atoms with Crippen LogP contribution in [0.5, 0.6) is 0 Å². The molecule has 5 amide bonds. The van der Waals surface area contributed by atoms with Crippen LogP contribution in [0.2, 0.25) is 0 Å². The molecular formula is C23H27N5O5. The van der Waals surface area contributed by atoms with Crippen molar-refractivity contribution in [3.63, 3.8) is 0 Å². The number of nitrogens with one attached hydrogen (secondary N) is 1. The summed E-state index contributed by atoms with van der Waals surface area (Å²) >= 11 is 0. The first-order valence-corrected chi connectivity index (χ1v) is 11.4. The highest BCUT2D eigenvalue weighted by molar-refractivity contribution is 6.23. The first-order chi connectivity index (χ1) is 15.8. The summed E-state index contributed by atoms with van der Waals surface area (Å²) in [5, 5.41) is 2.20. The zero-order valence-electron chi connectivity index (χ0n) is 18.3. The van der Waals surface area contributed by atoms with Crippen molar-refractivity contribution in [2.75, 3.05) is 26.2 Å². The van der Waals surface area contributed by atoms with Gasteiger partial charge in [0.25, 0.3) is 11.8 Å². The van der Waals surface area contributed by atoms with Gasteiger partial charge < -0.3 is 10.6 Å². The maximum absolute atomic E-state index is 13.0. The fraction of sp³-hybridized carbons (Fsp3) is 0.522. The number of imide groups is 2. The van der Waals surface area contributed by atoms with Gasteiger partial charge in [0.1, 0.15) is 6.04 Å². The van der Waals surface area contributed by atoms with Gasteiger partial charge in [-0.15, -0.1) is 0 Å². The van der Waals surface area contributed by atoms with Crippen molar-refractivity contribution in [1.29, 1.82) is 0 Å². The lowest BCUT2D eigenvalue weighted by atomic mass is 9.93. The molecule has 1 aromatic carbocycles. The van der Waals surface area contributed by atoms with Crippen LogP contribution in [-0.4, -0.2) is 82.5 Å². The second-order valence-corrected chi connectivity index (χ2v) is 9.38. The van der Waals surface area contributed by atoms with E-state index in [2.05, 4.69) is 10.2 Å². The number of benzene rings is 1. The Kier molecular flexibility index (Phi) is 5.49. The minimum atomic E-state index is -0.962. The van der Waals surface area contributed by atoms with Crippen molar-refractivity contribution in [2.24, 2.45) is 11.7 Å². The van der Waals surface area contributed by atoms with Gasteiger partial charge >= 0.3 is 0 Å². The number of piperidine rings is 2. The number of likely N-dealkylation sites (tertiary alicyclic amines) is 2. The molecule has 4 aliphatic rings. The maximum Gasteiger partial charge on any atom is 0.262 e. The minimum absolute atomic E-state index is 0.0371. The lowest BCUT2D eigenvalue weighted by Gasteiger charge is -2.41. The second kappa shape index (κ2) is 8.35. The van der Waals surface area contributed by atoms with Crippen LogP contribution in [0.1, 0.15) is 52.0 Å². The van der Waals surface area contributed by atoms with Crippen LogP contribution < -0.4 is 11.1 Å². The summed E-state index contributed by atoms with van der Waals surface area (Å²) in [5.74, 6) is -1.77. The Morgan fingerprint density at radius 1 is 1.00 bits per heavy atom. The lowest BCUT2D eigenvalue weighted by Crippen LogP contribution is -2.59. The van der Waals surface area contributed by atoms with E-state index in [1.54, 1.807) is 12.1 Å². The second-order valence-electron chi connectivity index (χ2n) is 9.38. The largest absolute Gasteiger partial charge is 0.339 e. The summed E-state index contributed by atoms with van der Waals surface area (Å²) in [6.07, 6.45) is 1.81. The first kappa shape index (κ1) is 21.7. The topological polar surface area (TPSA) is 133 Å². The molecule has 10 nitrogen and oxygen atoms in total. The maximum atomic E-state index is 13.0. The molecule has 1 aromatic rings. The van der Waals surface area contributed by atoms with Crippen LogP contribution in [0.3, 0.4) is 0 Å². The van der Waals surface area contributed by atoms with Crippen molar-refractivity contribution in [2.45, 2.75) is 44.3 Å². The number of hydrogen-bond donors (Lipinski definition) is 2. The highest BCUT2D eigenvalue weighted by atomic mass is 16.2. The van der Waals surface area contributed by atoms with Crippen molar-refractivity contribution < 1.29 is 24.0 Å². The Morgan fingerprint density at radius 2 is 1.70 bits per heavy atom. The molecule has 0 bridgehead atoms. The summed E-state index contributed by atoms with van der Waals surface area (Å²) in [4.78, 5) is 67.0. The van der Waals surface area contributed by atoms with Gasteiger partial charge in [0.2, 0.25) is 17.7 Å². The lowest BCUT2D eigenvalue weighted by molar-refractivity contribution is -0.141. The summed E-state index contributed by atoms with van der Waals surface area (Å²) in [5.41, 5.74) is 7.26. The zero-order chi connectivity index (χ0) is 23.3. The van der Waals surface area contributed by atoms with Gasteiger partial charge in [-0.1, -0.05) is 6.07 Å². The number of fused-ring (bicyclic) bond motifs is 1. The third-order valence-corrected chi connectivity index (χ3v) is 7.07. The molecule has 0 spiro atoms. The van der Waals surface area contributed by atoms with Gasteiger partial charge in [-0.25, -0.2) is 0 Å². The van der Waals surface area contributed by atoms with E-state index < -0.39 is 29.7 Å². The fourth-order valence-electron chi connectivity index (χ4n) is 5.16. The van der Waals surface area contributed by atoms with Crippen LogP contribution in [0.15, 0.2) is 18.2 Å². The molecule has 3 N–H and O–H groups in total. The minimum Gasteiger partial charge on any atom is -0.339 e. The van der Waals surface area contributed by atoms with Gasteiger partial charge in [-0.2, -0.15) is 0 Å². The van der Waals surface area contributed by atoms with E-state index >= 15 is 0 Å². The summed E-state index contributed by atoms with van der Waals surface area (Å²) in [6, 6.07) is 4.34. The summed E-state index contributed by atoms with van der Waals surface area (Å²) in [7, 11) is 0. The molecule has 174 valence electrons. The van der Waals surface area contributed by atoms with Gasteiger partial charge in [0.05, 0.1) is 11.1 Å². The van der Waals surface area contributed by atoms with E-state index in [0.717, 1.165) is 36.4 Å². The monoisotopic (exact) mass is 453 g/mol. The highest BCUT2D eigenvalue weighted by Crippen LogP contribution is 2.29. The predicted octanol–water partition coefficient (Wildman–Crippen LogP) is -0.531. The standard InChI is InChI=1S/C23H27N5O5/c24-15-11-27(12-15)21(31)14-5-7-26(8-6-14)10-13-1-2-16-17(9-13)23(33)28(22(16)32)18-3-4-19(29)25-20(18)30/h1-2,9,14-15,18H,3-8,10-12,24H2,(H,25,29,30). The molecule has 3 fully saturated rings. The van der Waals surface area contributed by atoms with Gasteiger partial charge in [0.15, 0.2) is 0 Å². The van der Waals surface area contributed by atoms with Gasteiger partial charge in [0, 0.05) is 38.0 Å². The molecule has 4 aliphatic heterocycles. The van der Waals surface area contributed by atoms with Crippen molar-refractivity contribution in [3.8, 4) is 0 Å². The van der Waals surface area contributed by atoms with E-state index in [9.17, 15) is 24.0 Å². The van der Waals surface area contributed by atoms with Crippen LogP contribution in [-0.2, 0) is 20.9 Å². The van der Waals surface area contributed by atoms with Crippen LogP contribution in [0.4, 0.5) is 0 Å². The van der Waals surface area contributed by atoms with E-state index in [1.165, 1.54) is 0 Å². The number of hydrogen-bond acceptors (Lipinski definition) is 7. The molecule has 1 unspecified atom stereocenters. The summed E-state index contributed by atoms with van der Waals surface area (Å²) < 4.78 is 0. The Morgan fingerprint density at radius 3 is 2.36 bits per heavy atom. The molecule has 33 heavy (non-hydrogen) atoms. The molecule has 10 heteroatoms. The van der Waals surface area contributed by atoms with Crippen molar-refractivity contribution in [1.82, 2.24) is 20.0 Å². The highest BCUT2D eigenvalue weighted by Gasteiger charge is 2.44. The van der Waals surface area contributed by atoms with Crippen LogP contribution >= 0.6 is 0 Å². The van der Waals surface area contributed by atoms with E-state index in [-0.39, 0.29) is 36.3 Å². The number of carbonyl (C=O) groups excluding carboxylic acids is 5. The SMILES string of the molecule is NC1CN(C(=O)C2CCN(Cc3ccc4c(c3)C(=O)N(C3CCC(=O)NC3=O)C4=O)CC2)C1. The number of nitrogens with zero attached hydrogens (tertiary/aromatic N) is 3. The molecule has 4 heterocycles. The normalized spacial score (nSPS) is 24.7. The predicted molar refractivity (Wildman–Crippen MR) is 116 cm³/mol. The molecule has 0 aliphatic carbocycles. The Labute approximate surface area is 191 Å². The first-order valence-electron chi connectivity index (χ1n) is 11.4. The quantitative estimate of drug-likeness (QED) is 0.586. The molecule has 0 saturated carbocycles. The van der Waals surface area contributed by atoms with Gasteiger partial charge in [-0.05, 0) is 50.0 Å². The number of carbonyl (C=O) groups is 5. The van der Waals surface area contributed by atoms with Crippen molar-refractivity contribution >= 4 is 29.5 Å². The number of amides is 5. The Hall–Kier alpha value is -3.11. The Bertz CT molecular complexity index is 1040. The molecule has 0 radical (unpaired) electrons. The molecular weight excluding hydrogens is 426 g/mol. The van der Waals surface area contributed by atoms with E-state index in [4.69, 9.17) is 5.73 Å². The average molecular weight is 453 g/mol. The molecule has 0 aromatic heterocycles. The van der Waals surface area contributed by atoms with E-state index in [0.29, 0.717) is 25.2 Å². The van der Waals surface area contributed by atoms with Crippen LogP contribution in [0, 0.1) is 5.92 Å². The molecule has 1 atom stereocenters. The van der Waals surface area contributed by atoms with Crippen molar-refractivity contribution in [3.05, 3.63) is 34.9 Å². The van der Waals surface area contributed by atoms with Gasteiger partial charge in [-0.3, -0.25) is 39.1 Å². The fourth-order valence-corrected chi connectivity index (χ4v) is 5.16. The molecule has 5 rings (SSSR count). The summed E-state index contributed by atoms with van der Waals surface area (Å²) in [6.45, 7) is 3.47. The third kappa shape index (κ3) is 3.93. The zero-order valence-corrected chi connectivity index (χ0v) is 18.3. The number of nitrogens with two attached hydrogens (primary N) is 1. The third-order valence-electron chi connectivity index (χ3n) is 7.07. The average Bonchev–Trinajstić information content (AvgIpc) is 3.01. The molecule has 3 saturated heterocycles. The van der Waals surface area contributed by atoms with E-state index in [1.807, 2.05) is 11.0 Å². The Balaban J connectivity index is 1.22. The smallest absolute Gasteiger partial charge is 0.262 e. The van der Waals surface area contributed by atoms with Crippen LogP contribution in [0.25, 0.3) is 0 Å². The number of rotatable bonds is 4.